The number of fused-ring (bicyclic) bond motifs is 1. The summed E-state index contributed by atoms with van der Waals surface area (Å²) in [5, 5.41) is 20.2. The molecule has 2 rings (SSSR count). The summed E-state index contributed by atoms with van der Waals surface area (Å²) in [6.45, 7) is 0. The second-order valence-electron chi connectivity index (χ2n) is 3.13. The Labute approximate surface area is 87.2 Å². The molecule has 1 heterocycles. The van der Waals surface area contributed by atoms with E-state index in [1.807, 2.05) is 0 Å². The molecular weight excluding hydrogens is 225 g/mol. The maximum absolute atomic E-state index is 12.3. The zero-order valence-corrected chi connectivity index (χ0v) is 7.69. The number of rotatable bonds is 0. The minimum atomic E-state index is -4.51. The van der Waals surface area contributed by atoms with E-state index in [1.165, 1.54) is 0 Å². The summed E-state index contributed by atoms with van der Waals surface area (Å²) in [6, 6.07) is 2.52. The van der Waals surface area contributed by atoms with Crippen LogP contribution < -0.4 is 4.73 Å². The average Bonchev–Trinajstić information content (AvgIpc) is 2.15. The van der Waals surface area contributed by atoms with Gasteiger partial charge in [-0.25, -0.2) is 4.98 Å². The van der Waals surface area contributed by atoms with Crippen LogP contribution in [0.3, 0.4) is 0 Å². The Balaban J connectivity index is 2.72. The number of hydrogen-bond donors (Lipinski definition) is 1. The van der Waals surface area contributed by atoms with Gasteiger partial charge in [0.2, 0.25) is 11.7 Å². The van der Waals surface area contributed by atoms with Crippen molar-refractivity contribution in [1.29, 1.82) is 0 Å². The highest BCUT2D eigenvalue weighted by Gasteiger charge is 2.31. The first-order valence-electron chi connectivity index (χ1n) is 4.18. The van der Waals surface area contributed by atoms with Crippen molar-refractivity contribution in [2.24, 2.45) is 0 Å². The van der Waals surface area contributed by atoms with E-state index in [1.54, 1.807) is 0 Å². The molecule has 0 aliphatic carbocycles. The number of benzene rings is 1. The van der Waals surface area contributed by atoms with Gasteiger partial charge in [-0.05, 0) is 12.1 Å². The third-order valence-corrected chi connectivity index (χ3v) is 2.01. The molecule has 0 spiro atoms. The third kappa shape index (κ3) is 1.71. The largest absolute Gasteiger partial charge is 0.618 e. The monoisotopic (exact) mass is 230 g/mol. The second-order valence-corrected chi connectivity index (χ2v) is 3.13. The van der Waals surface area contributed by atoms with Crippen molar-refractivity contribution in [1.82, 2.24) is 4.98 Å². The highest BCUT2D eigenvalue weighted by Crippen LogP contribution is 2.30. The molecule has 0 amide bonds. The summed E-state index contributed by atoms with van der Waals surface area (Å²) in [5.74, 6) is -0.540. The van der Waals surface area contributed by atoms with Crippen LogP contribution >= 0.6 is 0 Å². The molecule has 84 valence electrons. The van der Waals surface area contributed by atoms with Crippen molar-refractivity contribution < 1.29 is 23.0 Å². The number of aromatic nitrogens is 2. The Bertz CT molecular complexity index is 554. The van der Waals surface area contributed by atoms with Gasteiger partial charge in [-0.1, -0.05) is 0 Å². The Morgan fingerprint density at radius 1 is 1.31 bits per heavy atom. The van der Waals surface area contributed by atoms with Crippen LogP contribution in [-0.2, 0) is 6.18 Å². The lowest BCUT2D eigenvalue weighted by Crippen LogP contribution is -2.27. The number of nitrogens with zero attached hydrogens (tertiary/aromatic N) is 2. The van der Waals surface area contributed by atoms with Crippen molar-refractivity contribution in [2.75, 3.05) is 0 Å². The average molecular weight is 230 g/mol. The van der Waals surface area contributed by atoms with Crippen molar-refractivity contribution >= 4 is 11.0 Å². The van der Waals surface area contributed by atoms with Crippen molar-refractivity contribution in [3.63, 3.8) is 0 Å². The highest BCUT2D eigenvalue weighted by atomic mass is 19.4. The number of hydrogen-bond acceptors (Lipinski definition) is 3. The van der Waals surface area contributed by atoms with Gasteiger partial charge in [0, 0.05) is 6.07 Å². The predicted octanol–water partition coefficient (Wildman–Crippen LogP) is 1.59. The highest BCUT2D eigenvalue weighted by molar-refractivity contribution is 5.72. The van der Waals surface area contributed by atoms with Gasteiger partial charge in [-0.15, -0.1) is 0 Å². The maximum Gasteiger partial charge on any atom is 0.416 e. The fourth-order valence-corrected chi connectivity index (χ4v) is 1.30. The lowest BCUT2D eigenvalue weighted by atomic mass is 10.2. The first-order chi connectivity index (χ1) is 7.38. The summed E-state index contributed by atoms with van der Waals surface area (Å²) in [5.41, 5.74) is -1.17. The van der Waals surface area contributed by atoms with Crippen LogP contribution in [0.1, 0.15) is 5.56 Å². The first-order valence-corrected chi connectivity index (χ1v) is 4.18. The fraction of sp³-hybridized carbons (Fsp3) is 0.111. The Hall–Kier alpha value is -2.05. The van der Waals surface area contributed by atoms with Crippen molar-refractivity contribution in [2.45, 2.75) is 6.18 Å². The lowest BCUT2D eigenvalue weighted by Gasteiger charge is -2.07. The van der Waals surface area contributed by atoms with E-state index < -0.39 is 17.6 Å². The summed E-state index contributed by atoms with van der Waals surface area (Å²) in [7, 11) is 0. The van der Waals surface area contributed by atoms with Gasteiger partial charge in [0.25, 0.3) is 5.88 Å². The van der Waals surface area contributed by atoms with Gasteiger partial charge >= 0.3 is 6.18 Å². The molecule has 0 atom stereocenters. The van der Waals surface area contributed by atoms with E-state index in [4.69, 9.17) is 5.11 Å². The van der Waals surface area contributed by atoms with E-state index in [2.05, 4.69) is 4.98 Å². The maximum atomic E-state index is 12.3. The topological polar surface area (TPSA) is 60.1 Å². The summed E-state index contributed by atoms with van der Waals surface area (Å²) in [6.07, 6.45) is -3.82. The van der Waals surface area contributed by atoms with Crippen molar-refractivity contribution in [3.05, 3.63) is 35.2 Å². The van der Waals surface area contributed by atoms with E-state index in [9.17, 15) is 18.4 Å². The molecule has 0 bridgehead atoms. The first kappa shape index (κ1) is 10.5. The molecule has 1 aromatic heterocycles. The molecule has 16 heavy (non-hydrogen) atoms. The Kier molecular flexibility index (Phi) is 2.11. The van der Waals surface area contributed by atoms with Gasteiger partial charge in [-0.3, -0.25) is 0 Å². The molecule has 1 aromatic carbocycles. The van der Waals surface area contributed by atoms with E-state index >= 15 is 0 Å². The Morgan fingerprint density at radius 3 is 2.62 bits per heavy atom. The molecule has 0 saturated carbocycles. The van der Waals surface area contributed by atoms with E-state index in [0.717, 1.165) is 12.1 Å². The van der Waals surface area contributed by atoms with Gasteiger partial charge < -0.3 is 10.3 Å². The van der Waals surface area contributed by atoms with Crippen LogP contribution in [0.5, 0.6) is 5.88 Å². The molecule has 0 radical (unpaired) electrons. The zero-order valence-electron chi connectivity index (χ0n) is 7.69. The van der Waals surface area contributed by atoms with Crippen molar-refractivity contribution in [3.8, 4) is 5.88 Å². The molecule has 4 nitrogen and oxygen atoms in total. The number of alkyl halides is 3. The van der Waals surface area contributed by atoms with Crippen LogP contribution in [0.25, 0.3) is 11.0 Å². The van der Waals surface area contributed by atoms with Crippen LogP contribution in [0.15, 0.2) is 24.4 Å². The quantitative estimate of drug-likeness (QED) is 0.552. The van der Waals surface area contributed by atoms with Crippen LogP contribution in [0.4, 0.5) is 13.2 Å². The fourth-order valence-electron chi connectivity index (χ4n) is 1.30. The van der Waals surface area contributed by atoms with Crippen LogP contribution in [-0.4, -0.2) is 10.1 Å². The molecule has 1 N–H and O–H groups in total. The van der Waals surface area contributed by atoms with Gasteiger partial charge in [0.05, 0.1) is 5.56 Å². The molecule has 0 unspecified atom stereocenters. The zero-order chi connectivity index (χ0) is 11.9. The standard InChI is InChI=1S/C9H5F3N2O2/c10-9(11,12)5-1-2-6-7(3-5)14(16)4-8(15)13-6/h1-4H,(H,13,15). The van der Waals surface area contributed by atoms with Crippen LogP contribution in [0, 0.1) is 5.21 Å². The predicted molar refractivity (Wildman–Crippen MR) is 47.4 cm³/mol. The molecule has 7 heteroatoms. The summed E-state index contributed by atoms with van der Waals surface area (Å²) < 4.78 is 37.2. The molecule has 2 aromatic rings. The van der Waals surface area contributed by atoms with E-state index in [-0.39, 0.29) is 15.8 Å². The van der Waals surface area contributed by atoms with Crippen LogP contribution in [0.2, 0.25) is 0 Å². The third-order valence-electron chi connectivity index (χ3n) is 2.01. The smallest absolute Gasteiger partial charge is 0.416 e. The number of aromatic hydroxyl groups is 1. The van der Waals surface area contributed by atoms with Gasteiger partial charge in [-0.2, -0.15) is 17.9 Å². The molecule has 0 aliphatic heterocycles. The normalized spacial score (nSPS) is 11.9. The molecular formula is C9H5F3N2O2. The second kappa shape index (κ2) is 3.22. The summed E-state index contributed by atoms with van der Waals surface area (Å²) >= 11 is 0. The number of halogens is 3. The molecule has 0 fully saturated rings. The Morgan fingerprint density at radius 2 is 2.00 bits per heavy atom. The SMILES string of the molecule is [O-][n+]1cc(O)nc2ccc(C(F)(F)F)cc21. The molecule has 0 saturated heterocycles. The van der Waals surface area contributed by atoms with Gasteiger partial charge in [0.1, 0.15) is 5.52 Å². The molecule has 0 aliphatic rings. The minimum Gasteiger partial charge on any atom is -0.618 e. The van der Waals surface area contributed by atoms with E-state index in [0.29, 0.717) is 12.3 Å². The van der Waals surface area contributed by atoms with Gasteiger partial charge in [0.15, 0.2) is 0 Å². The minimum absolute atomic E-state index is 0.00278. The summed E-state index contributed by atoms with van der Waals surface area (Å²) in [4.78, 5) is 3.53. The lowest BCUT2D eigenvalue weighted by molar-refractivity contribution is -0.578.